The number of hydrogen-bond acceptors (Lipinski definition) is 9. The van der Waals surface area contributed by atoms with Crippen LogP contribution in [-0.4, -0.2) is 27.3 Å². The molecule has 1 heterocycles. The predicted octanol–water partition coefficient (Wildman–Crippen LogP) is 7.13. The van der Waals surface area contributed by atoms with E-state index in [1.165, 1.54) is 58.6 Å². The summed E-state index contributed by atoms with van der Waals surface area (Å²) >= 11 is 0.940. The molecule has 3 aromatic rings. The monoisotopic (exact) mass is 524 g/mol. The molecule has 0 aliphatic rings. The molecule has 0 unspecified atom stereocenters. The fraction of sp³-hybridized carbons (Fsp3) is 0.292. The molecule has 0 amide bonds. The highest BCUT2D eigenvalue weighted by atomic mass is 32.1. The second-order valence-electron chi connectivity index (χ2n) is 7.44. The van der Waals surface area contributed by atoms with Gasteiger partial charge in [0.15, 0.2) is 11.2 Å². The first-order valence-electron chi connectivity index (χ1n) is 10.5. The Morgan fingerprint density at radius 3 is 2.36 bits per heavy atom. The minimum absolute atomic E-state index is 0.0160. The first kappa shape index (κ1) is 27.1. The number of carbonyl (C=O) groups is 1. The van der Waals surface area contributed by atoms with E-state index in [4.69, 9.17) is 18.9 Å². The van der Waals surface area contributed by atoms with Crippen LogP contribution in [-0.2, 0) is 20.4 Å². The molecule has 0 saturated heterocycles. The molecule has 3 rings (SSSR count). The number of carbonyl (C=O) groups excluding carboxylic acids is 1. The number of nitrogens with zero attached hydrogens (tertiary/aromatic N) is 1. The average Bonchev–Trinajstić information content (AvgIpc) is 3.25. The zero-order valence-electron chi connectivity index (χ0n) is 19.7. The van der Waals surface area contributed by atoms with E-state index in [2.05, 4.69) is 10.5 Å². The first-order chi connectivity index (χ1) is 17.1. The largest absolute Gasteiger partial charge is 0.484 e. The summed E-state index contributed by atoms with van der Waals surface area (Å²) in [4.78, 5) is 23.8. The van der Waals surface area contributed by atoms with E-state index in [-0.39, 0.29) is 21.9 Å². The summed E-state index contributed by atoms with van der Waals surface area (Å²) in [6.45, 7) is 1.45. The molecule has 2 aromatic carbocycles. The molecule has 192 valence electrons. The second kappa shape index (κ2) is 11.5. The minimum atomic E-state index is -4.58. The van der Waals surface area contributed by atoms with E-state index in [1.807, 2.05) is 0 Å². The lowest BCUT2D eigenvalue weighted by Crippen LogP contribution is -2.14. The zero-order valence-corrected chi connectivity index (χ0v) is 20.5. The normalized spacial score (nSPS) is 12.3. The van der Waals surface area contributed by atoms with Crippen molar-refractivity contribution >= 4 is 33.7 Å². The number of esters is 1. The van der Waals surface area contributed by atoms with Gasteiger partial charge in [-0.05, 0) is 30.3 Å². The summed E-state index contributed by atoms with van der Waals surface area (Å²) in [5.74, 6) is -0.720. The van der Waals surface area contributed by atoms with E-state index in [1.54, 1.807) is 12.1 Å². The predicted molar refractivity (Wildman–Crippen MR) is 128 cm³/mol. The van der Waals surface area contributed by atoms with Gasteiger partial charge in [0.25, 0.3) is 0 Å². The average molecular weight is 525 g/mol. The molecule has 12 heteroatoms. The van der Waals surface area contributed by atoms with E-state index < -0.39 is 30.1 Å². The van der Waals surface area contributed by atoms with Gasteiger partial charge in [0.1, 0.15) is 17.5 Å². The molecule has 0 saturated carbocycles. The molecular formula is C24H23F3N2O6S. The summed E-state index contributed by atoms with van der Waals surface area (Å²) in [6, 6.07) is 11.2. The smallest absolute Gasteiger partial charge is 0.416 e. The number of nitrogens with one attached hydrogen (secondary N) is 1. The van der Waals surface area contributed by atoms with Crippen molar-refractivity contribution in [3.8, 4) is 5.75 Å². The number of anilines is 2. The van der Waals surface area contributed by atoms with Gasteiger partial charge in [-0.2, -0.15) is 13.2 Å². The summed E-state index contributed by atoms with van der Waals surface area (Å²) < 4.78 is 61.5. The van der Waals surface area contributed by atoms with Gasteiger partial charge in [-0.15, -0.1) is 16.2 Å². The summed E-state index contributed by atoms with van der Waals surface area (Å²) in [5.41, 5.74) is 0.0318. The van der Waals surface area contributed by atoms with E-state index >= 15 is 0 Å². The van der Waals surface area contributed by atoms with Crippen molar-refractivity contribution in [3.63, 3.8) is 0 Å². The molecule has 0 bridgehead atoms. The minimum Gasteiger partial charge on any atom is -0.484 e. The number of benzene rings is 2. The molecule has 0 aliphatic carbocycles. The zero-order chi connectivity index (χ0) is 26.5. The SMILES string of the molecule is COC(=O)c1sc(Nc2cc(C(OC)OC)ccc2N=O)cc1O[C@H](C)c1ccccc1C(F)(F)F. The molecule has 8 nitrogen and oxygen atoms in total. The fourth-order valence-corrected chi connectivity index (χ4v) is 4.42. The summed E-state index contributed by atoms with van der Waals surface area (Å²) in [6.07, 6.45) is -6.33. The van der Waals surface area contributed by atoms with E-state index in [0.29, 0.717) is 16.3 Å². The lowest BCUT2D eigenvalue weighted by Gasteiger charge is -2.19. The van der Waals surface area contributed by atoms with Crippen LogP contribution in [0.4, 0.5) is 29.5 Å². The number of rotatable bonds is 10. The van der Waals surface area contributed by atoms with Gasteiger partial charge in [-0.1, -0.05) is 24.3 Å². The maximum atomic E-state index is 13.5. The van der Waals surface area contributed by atoms with Crippen LogP contribution in [0.3, 0.4) is 0 Å². The second-order valence-corrected chi connectivity index (χ2v) is 8.49. The van der Waals surface area contributed by atoms with Crippen molar-refractivity contribution in [1.29, 1.82) is 0 Å². The van der Waals surface area contributed by atoms with Crippen molar-refractivity contribution in [2.45, 2.75) is 25.5 Å². The van der Waals surface area contributed by atoms with Crippen LogP contribution in [0.5, 0.6) is 5.75 Å². The third kappa shape index (κ3) is 6.01. The maximum Gasteiger partial charge on any atom is 0.416 e. The topological polar surface area (TPSA) is 95.5 Å². The number of halogens is 3. The van der Waals surface area contributed by atoms with Crippen LogP contribution >= 0.6 is 11.3 Å². The van der Waals surface area contributed by atoms with Crippen molar-refractivity contribution in [3.05, 3.63) is 75.0 Å². The molecule has 0 fully saturated rings. The Labute approximate surface area is 208 Å². The fourth-order valence-electron chi connectivity index (χ4n) is 3.50. The number of thiophene rings is 1. The Morgan fingerprint density at radius 2 is 1.75 bits per heavy atom. The quantitative estimate of drug-likeness (QED) is 0.171. The Hall–Kier alpha value is -3.48. The van der Waals surface area contributed by atoms with Gasteiger partial charge in [0.2, 0.25) is 0 Å². The third-order valence-corrected chi connectivity index (χ3v) is 6.17. The van der Waals surface area contributed by atoms with E-state index in [9.17, 15) is 22.9 Å². The number of alkyl halides is 3. The van der Waals surface area contributed by atoms with Gasteiger partial charge in [-0.3, -0.25) is 0 Å². The van der Waals surface area contributed by atoms with Crippen molar-refractivity contribution in [1.82, 2.24) is 0 Å². The Bertz CT molecular complexity index is 1230. The summed E-state index contributed by atoms with van der Waals surface area (Å²) in [5, 5.41) is 6.36. The Kier molecular flexibility index (Phi) is 8.66. The number of nitroso groups, excluding NO2 is 1. The van der Waals surface area contributed by atoms with E-state index in [0.717, 1.165) is 17.4 Å². The van der Waals surface area contributed by atoms with Crippen LogP contribution < -0.4 is 10.1 Å². The van der Waals surface area contributed by atoms with Crippen LogP contribution in [0.2, 0.25) is 0 Å². The Balaban J connectivity index is 1.97. The van der Waals surface area contributed by atoms with Gasteiger partial charge in [0, 0.05) is 31.4 Å². The lowest BCUT2D eigenvalue weighted by atomic mass is 10.0. The highest BCUT2D eigenvalue weighted by molar-refractivity contribution is 7.18. The molecule has 0 radical (unpaired) electrons. The van der Waals surface area contributed by atoms with Crippen LogP contribution in [0.1, 0.15) is 45.7 Å². The van der Waals surface area contributed by atoms with Crippen LogP contribution in [0, 0.1) is 4.91 Å². The number of hydrogen-bond donors (Lipinski definition) is 1. The van der Waals surface area contributed by atoms with Crippen molar-refractivity contribution in [2.24, 2.45) is 5.18 Å². The van der Waals surface area contributed by atoms with Gasteiger partial charge in [0.05, 0.1) is 23.4 Å². The van der Waals surface area contributed by atoms with Gasteiger partial charge < -0.3 is 24.3 Å². The molecule has 1 atom stereocenters. The first-order valence-corrected chi connectivity index (χ1v) is 11.3. The lowest BCUT2D eigenvalue weighted by molar-refractivity contribution is -0.139. The van der Waals surface area contributed by atoms with Gasteiger partial charge >= 0.3 is 12.1 Å². The third-order valence-electron chi connectivity index (χ3n) is 5.15. The molecule has 1 aromatic heterocycles. The molecule has 0 aliphatic heterocycles. The number of methoxy groups -OCH3 is 3. The van der Waals surface area contributed by atoms with Crippen molar-refractivity contribution in [2.75, 3.05) is 26.6 Å². The van der Waals surface area contributed by atoms with Crippen LogP contribution in [0.15, 0.2) is 53.7 Å². The molecular weight excluding hydrogens is 501 g/mol. The molecule has 1 N–H and O–H groups in total. The highest BCUT2D eigenvalue weighted by Crippen LogP contribution is 2.41. The summed E-state index contributed by atoms with van der Waals surface area (Å²) in [7, 11) is 4.09. The van der Waals surface area contributed by atoms with Crippen molar-refractivity contribution < 1.29 is 36.9 Å². The van der Waals surface area contributed by atoms with Crippen LogP contribution in [0.25, 0.3) is 0 Å². The maximum absolute atomic E-state index is 13.5. The number of ether oxygens (including phenoxy) is 4. The highest BCUT2D eigenvalue weighted by Gasteiger charge is 2.35. The van der Waals surface area contributed by atoms with Gasteiger partial charge in [-0.25, -0.2) is 4.79 Å². The molecule has 0 spiro atoms. The Morgan fingerprint density at radius 1 is 1.06 bits per heavy atom. The standard InChI is InChI=1S/C24H23F3N2O6S/c1-13(15-7-5-6-8-16(15)24(25,26)27)35-19-12-20(36-21(19)22(30)32-2)28-18-11-14(23(33-3)34-4)9-10-17(18)29-31/h5-13,23,28H,1-4H3/t13-/m1/s1. The molecule has 36 heavy (non-hydrogen) atoms.